The first-order chi connectivity index (χ1) is 25.3. The van der Waals surface area contributed by atoms with E-state index in [-0.39, 0.29) is 48.2 Å². The van der Waals surface area contributed by atoms with Crippen molar-refractivity contribution in [2.75, 3.05) is 0 Å². The van der Waals surface area contributed by atoms with Crippen LogP contribution in [0.5, 0.6) is 0 Å². The molecule has 2 aromatic carbocycles. The summed E-state index contributed by atoms with van der Waals surface area (Å²) in [5.41, 5.74) is 3.35. The molecule has 0 saturated heterocycles. The fourth-order valence-electron chi connectivity index (χ4n) is 5.84. The van der Waals surface area contributed by atoms with Crippen LogP contribution in [0.25, 0.3) is 22.6 Å². The summed E-state index contributed by atoms with van der Waals surface area (Å²) in [4.78, 5) is 45.9. The third-order valence-electron chi connectivity index (χ3n) is 8.20. The molecule has 0 aliphatic rings. The first-order valence-electron chi connectivity index (χ1n) is 17.5. The third-order valence-corrected chi connectivity index (χ3v) is 8.20. The maximum atomic E-state index is 13.3. The first kappa shape index (κ1) is 43.1. The lowest BCUT2D eigenvalue weighted by Gasteiger charge is -2.21. The van der Waals surface area contributed by atoms with E-state index in [9.17, 15) is 48.4 Å². The molecular formula is C40H48F2N2O10. The molecule has 0 saturated carbocycles. The second kappa shape index (κ2) is 19.7. The minimum Gasteiger partial charge on any atom is -0.480 e. The number of carboxylic acids is 4. The van der Waals surface area contributed by atoms with E-state index >= 15 is 0 Å². The minimum atomic E-state index is -1.22. The predicted molar refractivity (Wildman–Crippen MR) is 196 cm³/mol. The molecule has 4 aromatic rings. The van der Waals surface area contributed by atoms with Crippen molar-refractivity contribution in [3.8, 4) is 22.6 Å². The topological polar surface area (TPSA) is 200 Å². The summed E-state index contributed by atoms with van der Waals surface area (Å²) in [5, 5.41) is 42.9. The maximum Gasteiger partial charge on any atom is 0.321 e. The van der Waals surface area contributed by atoms with Gasteiger partial charge in [-0.2, -0.15) is 0 Å². The molecule has 292 valence electrons. The number of benzene rings is 2. The van der Waals surface area contributed by atoms with E-state index in [1.54, 1.807) is 6.07 Å². The maximum absolute atomic E-state index is 13.3. The lowest BCUT2D eigenvalue weighted by Crippen LogP contribution is -2.48. The van der Waals surface area contributed by atoms with Gasteiger partial charge < -0.3 is 29.3 Å². The van der Waals surface area contributed by atoms with Gasteiger partial charge in [-0.05, 0) is 87.1 Å². The van der Waals surface area contributed by atoms with Crippen LogP contribution in [0.1, 0.15) is 63.2 Å². The van der Waals surface area contributed by atoms with E-state index in [2.05, 4.69) is 16.7 Å². The van der Waals surface area contributed by atoms with Crippen LogP contribution in [0.2, 0.25) is 0 Å². The van der Waals surface area contributed by atoms with Crippen LogP contribution < -0.4 is 10.6 Å². The SMILES string of the molecule is CC(C)CC(NC(Cc1ccc(-c2cc(F)cc(F)c2)o1)C(=O)O)C(=O)O.Cc1cc(C)cc(-c2ccc(CC(NC(CC(C)C)C(=O)O)C(=O)O)o2)c1. The second-order valence-corrected chi connectivity index (χ2v) is 14.1. The Kier molecular flexibility index (Phi) is 15.7. The van der Waals surface area contributed by atoms with Gasteiger partial charge in [0.05, 0.1) is 0 Å². The van der Waals surface area contributed by atoms with Crippen LogP contribution >= 0.6 is 0 Å². The number of carboxylic acid groups (broad SMARTS) is 4. The monoisotopic (exact) mass is 754 g/mol. The molecule has 2 heterocycles. The Hall–Kier alpha value is -5.34. The molecule has 0 spiro atoms. The summed E-state index contributed by atoms with van der Waals surface area (Å²) in [6, 6.07) is 11.4. The number of rotatable bonds is 18. The van der Waals surface area contributed by atoms with Crippen LogP contribution in [0, 0.1) is 37.3 Å². The number of halogens is 2. The largest absolute Gasteiger partial charge is 0.480 e. The van der Waals surface area contributed by atoms with Crippen molar-refractivity contribution >= 4 is 23.9 Å². The number of carbonyl (C=O) groups is 4. The van der Waals surface area contributed by atoms with Crippen molar-refractivity contribution in [3.05, 3.63) is 94.9 Å². The molecule has 6 N–H and O–H groups in total. The number of hydrogen-bond donors (Lipinski definition) is 6. The smallest absolute Gasteiger partial charge is 0.321 e. The van der Waals surface area contributed by atoms with Crippen molar-refractivity contribution < 1.29 is 57.2 Å². The Morgan fingerprint density at radius 2 is 0.907 bits per heavy atom. The summed E-state index contributed by atoms with van der Waals surface area (Å²) in [7, 11) is 0. The van der Waals surface area contributed by atoms with Gasteiger partial charge >= 0.3 is 23.9 Å². The van der Waals surface area contributed by atoms with Gasteiger partial charge in [0.15, 0.2) is 0 Å². The molecule has 12 nitrogen and oxygen atoms in total. The average molecular weight is 755 g/mol. The molecule has 4 unspecified atom stereocenters. The molecule has 0 amide bonds. The number of aryl methyl sites for hydroxylation is 2. The summed E-state index contributed by atoms with van der Waals surface area (Å²) in [6.45, 7) is 11.5. The van der Waals surface area contributed by atoms with E-state index < -0.39 is 59.7 Å². The van der Waals surface area contributed by atoms with Gasteiger partial charge in [0.1, 0.15) is 58.8 Å². The third kappa shape index (κ3) is 13.6. The first-order valence-corrected chi connectivity index (χ1v) is 17.5. The van der Waals surface area contributed by atoms with Crippen LogP contribution in [-0.2, 0) is 32.0 Å². The van der Waals surface area contributed by atoms with Gasteiger partial charge in [-0.15, -0.1) is 0 Å². The second-order valence-electron chi connectivity index (χ2n) is 14.1. The number of furan rings is 2. The van der Waals surface area contributed by atoms with Crippen molar-refractivity contribution in [2.24, 2.45) is 11.8 Å². The van der Waals surface area contributed by atoms with Gasteiger partial charge in [0.2, 0.25) is 0 Å². The lowest BCUT2D eigenvalue weighted by atomic mass is 10.0. The Morgan fingerprint density at radius 1 is 0.556 bits per heavy atom. The predicted octanol–water partition coefficient (Wildman–Crippen LogP) is 6.96. The molecule has 0 fully saturated rings. The van der Waals surface area contributed by atoms with Crippen molar-refractivity contribution in [3.63, 3.8) is 0 Å². The number of aliphatic carboxylic acids is 4. The van der Waals surface area contributed by atoms with Gasteiger partial charge in [-0.25, -0.2) is 8.78 Å². The highest BCUT2D eigenvalue weighted by Crippen LogP contribution is 2.26. The highest BCUT2D eigenvalue weighted by Gasteiger charge is 2.29. The lowest BCUT2D eigenvalue weighted by molar-refractivity contribution is -0.144. The van der Waals surface area contributed by atoms with E-state index in [1.165, 1.54) is 12.1 Å². The number of hydrogen-bond acceptors (Lipinski definition) is 8. The highest BCUT2D eigenvalue weighted by molar-refractivity contribution is 5.78. The summed E-state index contributed by atoms with van der Waals surface area (Å²) < 4.78 is 38.0. The normalized spacial score (nSPS) is 13.5. The Labute approximate surface area is 312 Å². The van der Waals surface area contributed by atoms with Crippen molar-refractivity contribution in [2.45, 2.75) is 91.4 Å². The minimum absolute atomic E-state index is 0.0612. The molecule has 0 aliphatic carbocycles. The molecule has 0 radical (unpaired) electrons. The molecule has 14 heteroatoms. The summed E-state index contributed by atoms with van der Waals surface area (Å²) >= 11 is 0. The summed E-state index contributed by atoms with van der Waals surface area (Å²) in [5.74, 6) is -4.23. The molecule has 0 bridgehead atoms. The van der Waals surface area contributed by atoms with Crippen LogP contribution in [-0.4, -0.2) is 68.5 Å². The van der Waals surface area contributed by atoms with Gasteiger partial charge in [0, 0.05) is 30.0 Å². The average Bonchev–Trinajstić information content (AvgIpc) is 3.72. The fourth-order valence-corrected chi connectivity index (χ4v) is 5.84. The van der Waals surface area contributed by atoms with Crippen LogP contribution in [0.4, 0.5) is 8.78 Å². The van der Waals surface area contributed by atoms with E-state index in [1.807, 2.05) is 59.7 Å². The van der Waals surface area contributed by atoms with Gasteiger partial charge in [0.25, 0.3) is 0 Å². The van der Waals surface area contributed by atoms with Crippen molar-refractivity contribution in [1.82, 2.24) is 10.6 Å². The van der Waals surface area contributed by atoms with Crippen LogP contribution in [0.3, 0.4) is 0 Å². The van der Waals surface area contributed by atoms with Gasteiger partial charge in [-0.1, -0.05) is 44.9 Å². The molecule has 4 atom stereocenters. The van der Waals surface area contributed by atoms with E-state index in [4.69, 9.17) is 8.83 Å². The number of nitrogens with one attached hydrogen (secondary N) is 2. The standard InChI is InChI=1S/C21H27NO5.C19H21F2NO5/c1-12(2)7-17(20(23)24)22-18(21(25)26)11-16-5-6-19(27-16)15-9-13(3)8-14(4)10-15;1-10(2)5-15(18(23)24)22-16(19(25)26)9-14-3-4-17(27-14)11-6-12(20)8-13(21)7-11/h5-6,8-10,12,17-18,22H,7,11H2,1-4H3,(H,23,24)(H,25,26);3-4,6-8,10,15-16,22H,5,9H2,1-2H3,(H,23,24)(H,25,26). The molecule has 54 heavy (non-hydrogen) atoms. The zero-order valence-electron chi connectivity index (χ0n) is 31.1. The van der Waals surface area contributed by atoms with E-state index in [0.29, 0.717) is 17.9 Å². The molecule has 0 aliphatic heterocycles. The zero-order chi connectivity index (χ0) is 40.3. The quantitative estimate of drug-likeness (QED) is 0.0611. The van der Waals surface area contributed by atoms with Gasteiger partial charge in [-0.3, -0.25) is 29.8 Å². The summed E-state index contributed by atoms with van der Waals surface area (Å²) in [6.07, 6.45) is 0.577. The fraction of sp³-hybridized carbons (Fsp3) is 0.400. The van der Waals surface area contributed by atoms with Crippen LogP contribution in [0.15, 0.2) is 69.5 Å². The zero-order valence-corrected chi connectivity index (χ0v) is 31.1. The Bertz CT molecular complexity index is 1720. The molecular weight excluding hydrogens is 706 g/mol. The van der Waals surface area contributed by atoms with E-state index in [0.717, 1.165) is 34.9 Å². The Balaban J connectivity index is 0.000000290. The van der Waals surface area contributed by atoms with Crippen molar-refractivity contribution in [1.29, 1.82) is 0 Å². The Morgan fingerprint density at radius 3 is 1.24 bits per heavy atom. The molecule has 2 aromatic heterocycles. The molecule has 4 rings (SSSR count). The highest BCUT2D eigenvalue weighted by atomic mass is 19.1.